The van der Waals surface area contributed by atoms with Crippen LogP contribution >= 0.6 is 0 Å². The maximum atomic E-state index is 12.8. The molecule has 25 heavy (non-hydrogen) atoms. The van der Waals surface area contributed by atoms with Crippen molar-refractivity contribution in [2.75, 3.05) is 45.5 Å². The topological polar surface area (TPSA) is 61.6 Å². The van der Waals surface area contributed by atoms with Crippen LogP contribution in [0.15, 0.2) is 18.2 Å². The highest BCUT2D eigenvalue weighted by Crippen LogP contribution is 2.31. The summed E-state index contributed by atoms with van der Waals surface area (Å²) in [5, 5.41) is 3.24. The average molecular weight is 345 g/mol. The Balaban J connectivity index is 1.72. The van der Waals surface area contributed by atoms with E-state index in [1.807, 2.05) is 19.1 Å². The molecule has 1 aromatic carbocycles. The first-order valence-electron chi connectivity index (χ1n) is 9.58. The number of carbonyl (C=O) groups is 1. The first kappa shape index (κ1) is 18.2. The number of piperidine rings is 2. The van der Waals surface area contributed by atoms with E-state index in [1.165, 1.54) is 19.3 Å². The molecule has 1 amide bonds. The van der Waals surface area contributed by atoms with E-state index in [0.717, 1.165) is 51.1 Å². The molecule has 0 saturated carbocycles. The molecule has 2 fully saturated rings. The fourth-order valence-electron chi connectivity index (χ4n) is 4.23. The van der Waals surface area contributed by atoms with Gasteiger partial charge >= 0.3 is 0 Å². The number of rotatable bonds is 4. The van der Waals surface area contributed by atoms with Crippen molar-refractivity contribution in [3.63, 3.8) is 0 Å². The molecule has 5 nitrogen and oxygen atoms in total. The lowest BCUT2D eigenvalue weighted by atomic mass is 9.84. The Morgan fingerprint density at radius 3 is 2.52 bits per heavy atom. The Morgan fingerprint density at radius 2 is 1.84 bits per heavy atom. The molecule has 138 valence electrons. The summed E-state index contributed by atoms with van der Waals surface area (Å²) in [4.78, 5) is 17.8. The summed E-state index contributed by atoms with van der Waals surface area (Å²) in [6.45, 7) is 7.22. The van der Waals surface area contributed by atoms with Crippen LogP contribution in [0.3, 0.4) is 0 Å². The van der Waals surface area contributed by atoms with Gasteiger partial charge in [-0.25, -0.2) is 0 Å². The van der Waals surface area contributed by atoms with Gasteiger partial charge in [0.1, 0.15) is 0 Å². The number of nitrogen functional groups attached to an aromatic ring is 1. The van der Waals surface area contributed by atoms with E-state index in [0.29, 0.717) is 11.3 Å². The van der Waals surface area contributed by atoms with Gasteiger partial charge in [0, 0.05) is 23.3 Å². The third-order valence-electron chi connectivity index (χ3n) is 6.03. The molecule has 2 aliphatic heterocycles. The van der Waals surface area contributed by atoms with Crippen molar-refractivity contribution in [3.05, 3.63) is 29.3 Å². The summed E-state index contributed by atoms with van der Waals surface area (Å²) in [6.07, 6.45) is 6.14. The number of carbonyl (C=O) groups excluding carboxylic acids is 1. The molecule has 2 aliphatic rings. The van der Waals surface area contributed by atoms with Gasteiger partial charge < -0.3 is 16.0 Å². The van der Waals surface area contributed by atoms with Crippen LogP contribution in [-0.4, -0.2) is 61.0 Å². The third-order valence-corrected chi connectivity index (χ3v) is 6.03. The number of benzene rings is 1. The SMILES string of the molecule is Cc1ccc(N)cc1C(=O)NCC1(N2CCCCC2)CCN(C)CC1. The fraction of sp³-hybridized carbons (Fsp3) is 0.650. The largest absolute Gasteiger partial charge is 0.399 e. The molecule has 2 saturated heterocycles. The molecule has 0 bridgehead atoms. The molecule has 0 aromatic heterocycles. The van der Waals surface area contributed by atoms with Gasteiger partial charge in [-0.3, -0.25) is 9.69 Å². The van der Waals surface area contributed by atoms with Crippen LogP contribution in [0.4, 0.5) is 5.69 Å². The van der Waals surface area contributed by atoms with Crippen LogP contribution in [0.25, 0.3) is 0 Å². The number of hydrogen-bond donors (Lipinski definition) is 2. The minimum absolute atomic E-state index is 0.000104. The number of nitrogens with zero attached hydrogens (tertiary/aromatic N) is 2. The smallest absolute Gasteiger partial charge is 0.251 e. The molecule has 2 heterocycles. The second-order valence-corrected chi connectivity index (χ2v) is 7.83. The highest BCUT2D eigenvalue weighted by atomic mass is 16.1. The molecule has 5 heteroatoms. The zero-order chi connectivity index (χ0) is 17.9. The van der Waals surface area contributed by atoms with E-state index in [9.17, 15) is 4.79 Å². The second-order valence-electron chi connectivity index (χ2n) is 7.83. The summed E-state index contributed by atoms with van der Waals surface area (Å²) in [6, 6.07) is 5.55. The summed E-state index contributed by atoms with van der Waals surface area (Å²) in [7, 11) is 2.19. The van der Waals surface area contributed by atoms with Crippen molar-refractivity contribution in [2.24, 2.45) is 0 Å². The zero-order valence-corrected chi connectivity index (χ0v) is 15.7. The fourth-order valence-corrected chi connectivity index (χ4v) is 4.23. The summed E-state index contributed by atoms with van der Waals surface area (Å²) >= 11 is 0. The maximum Gasteiger partial charge on any atom is 0.251 e. The Labute approximate surface area is 151 Å². The van der Waals surface area contributed by atoms with Crippen LogP contribution in [0.2, 0.25) is 0 Å². The van der Waals surface area contributed by atoms with E-state index in [2.05, 4.69) is 22.2 Å². The number of nitrogens with one attached hydrogen (secondary N) is 1. The monoisotopic (exact) mass is 344 g/mol. The van der Waals surface area contributed by atoms with E-state index in [1.54, 1.807) is 6.07 Å². The van der Waals surface area contributed by atoms with Gasteiger partial charge in [0.25, 0.3) is 5.91 Å². The lowest BCUT2D eigenvalue weighted by molar-refractivity contribution is 0.0145. The van der Waals surface area contributed by atoms with E-state index in [4.69, 9.17) is 5.73 Å². The number of nitrogens with two attached hydrogens (primary N) is 1. The molecule has 3 N–H and O–H groups in total. The molecule has 0 spiro atoms. The van der Waals surface area contributed by atoms with Crippen molar-refractivity contribution >= 4 is 11.6 Å². The van der Waals surface area contributed by atoms with Crippen molar-refractivity contribution < 1.29 is 4.79 Å². The predicted octanol–water partition coefficient (Wildman–Crippen LogP) is 2.26. The van der Waals surface area contributed by atoms with E-state index in [-0.39, 0.29) is 11.4 Å². The Kier molecular flexibility index (Phi) is 5.64. The van der Waals surface area contributed by atoms with Gasteiger partial charge in [-0.15, -0.1) is 0 Å². The molecule has 0 unspecified atom stereocenters. The van der Waals surface area contributed by atoms with Crippen molar-refractivity contribution in [2.45, 2.75) is 44.6 Å². The molecule has 0 aliphatic carbocycles. The lowest BCUT2D eigenvalue weighted by Gasteiger charge is -2.50. The van der Waals surface area contributed by atoms with Crippen LogP contribution in [0, 0.1) is 6.92 Å². The van der Waals surface area contributed by atoms with Crippen molar-refractivity contribution in [1.82, 2.24) is 15.1 Å². The van der Waals surface area contributed by atoms with Crippen molar-refractivity contribution in [1.29, 1.82) is 0 Å². The van der Waals surface area contributed by atoms with Crippen LogP contribution in [0.1, 0.15) is 48.0 Å². The lowest BCUT2D eigenvalue weighted by Crippen LogP contribution is -2.61. The van der Waals surface area contributed by atoms with Gasteiger partial charge in [-0.1, -0.05) is 12.5 Å². The van der Waals surface area contributed by atoms with E-state index < -0.39 is 0 Å². The minimum atomic E-state index is 0.000104. The van der Waals surface area contributed by atoms with Gasteiger partial charge in [0.2, 0.25) is 0 Å². The van der Waals surface area contributed by atoms with Crippen LogP contribution < -0.4 is 11.1 Å². The van der Waals surface area contributed by atoms with Gasteiger partial charge in [-0.05, 0) is 83.5 Å². The molecular formula is C20H32N4O. The van der Waals surface area contributed by atoms with Crippen LogP contribution in [0.5, 0.6) is 0 Å². The van der Waals surface area contributed by atoms with Gasteiger partial charge in [0.15, 0.2) is 0 Å². The molecule has 0 radical (unpaired) electrons. The zero-order valence-electron chi connectivity index (χ0n) is 15.7. The highest BCUT2D eigenvalue weighted by molar-refractivity contribution is 5.96. The molecule has 1 aromatic rings. The quantitative estimate of drug-likeness (QED) is 0.823. The Bertz CT molecular complexity index is 602. The Hall–Kier alpha value is -1.59. The minimum Gasteiger partial charge on any atom is -0.399 e. The summed E-state index contributed by atoms with van der Waals surface area (Å²) in [5.74, 6) is 0.000104. The summed E-state index contributed by atoms with van der Waals surface area (Å²) < 4.78 is 0. The van der Waals surface area contributed by atoms with E-state index >= 15 is 0 Å². The van der Waals surface area contributed by atoms with Crippen molar-refractivity contribution in [3.8, 4) is 0 Å². The number of aryl methyl sites for hydroxylation is 1. The normalized spacial score (nSPS) is 21.8. The first-order chi connectivity index (χ1) is 12.0. The number of likely N-dealkylation sites (tertiary alicyclic amines) is 2. The number of hydrogen-bond acceptors (Lipinski definition) is 4. The first-order valence-corrected chi connectivity index (χ1v) is 9.58. The standard InChI is InChI=1S/C20H32N4O/c1-16-6-7-17(21)14-18(16)19(25)22-15-20(8-12-23(2)13-9-20)24-10-4-3-5-11-24/h6-7,14H,3-5,8-13,15,21H2,1-2H3,(H,22,25). The number of anilines is 1. The predicted molar refractivity (Wildman–Crippen MR) is 103 cm³/mol. The van der Waals surface area contributed by atoms with Gasteiger partial charge in [-0.2, -0.15) is 0 Å². The maximum absolute atomic E-state index is 12.8. The van der Waals surface area contributed by atoms with Gasteiger partial charge in [0.05, 0.1) is 0 Å². The molecule has 0 atom stereocenters. The Morgan fingerprint density at radius 1 is 1.16 bits per heavy atom. The second kappa shape index (κ2) is 7.75. The average Bonchev–Trinajstić information content (AvgIpc) is 2.64. The molecular weight excluding hydrogens is 312 g/mol. The third kappa shape index (κ3) is 4.15. The highest BCUT2D eigenvalue weighted by Gasteiger charge is 2.39. The number of amides is 1. The molecule has 3 rings (SSSR count). The van der Waals surface area contributed by atoms with Crippen LogP contribution in [-0.2, 0) is 0 Å². The summed E-state index contributed by atoms with van der Waals surface area (Å²) in [5.41, 5.74) is 8.29.